The molecule has 0 N–H and O–H groups in total. The first kappa shape index (κ1) is 11.7. The number of benzene rings is 1. The Labute approximate surface area is 100 Å². The van der Waals surface area contributed by atoms with Gasteiger partial charge in [-0.3, -0.25) is 0 Å². The van der Waals surface area contributed by atoms with Crippen LogP contribution in [0.1, 0.15) is 19.4 Å². The fraction of sp³-hybridized carbons (Fsp3) is 0.462. The van der Waals surface area contributed by atoms with Gasteiger partial charge in [-0.05, 0) is 17.7 Å². The molecule has 3 heteroatoms. The molecule has 2 rings (SSSR count). The average Bonchev–Trinajstić information content (AvgIpc) is 2.19. The van der Waals surface area contributed by atoms with Crippen LogP contribution in [0.2, 0.25) is 0 Å². The number of rotatable bonds is 4. The van der Waals surface area contributed by atoms with Crippen LogP contribution in [-0.4, -0.2) is 24.7 Å². The first-order valence-corrected chi connectivity index (χ1v) is 6.35. The maximum absolute atomic E-state index is 11.1. The minimum atomic E-state index is -0.374. The maximum Gasteiger partial charge on any atom is 0.135 e. The molecule has 1 aromatic rings. The molecule has 0 saturated carbocycles. The summed E-state index contributed by atoms with van der Waals surface area (Å²) in [5.74, 6) is 0. The van der Waals surface area contributed by atoms with Gasteiger partial charge in [0.2, 0.25) is 0 Å². The van der Waals surface area contributed by atoms with Crippen LogP contribution < -0.4 is 0 Å². The quantitative estimate of drug-likeness (QED) is 0.594. The van der Waals surface area contributed by atoms with Gasteiger partial charge in [0.25, 0.3) is 0 Å². The van der Waals surface area contributed by atoms with E-state index >= 15 is 0 Å². The molecule has 0 aliphatic carbocycles. The van der Waals surface area contributed by atoms with Crippen LogP contribution in [0.4, 0.5) is 0 Å². The summed E-state index contributed by atoms with van der Waals surface area (Å²) in [6.45, 7) is 5.39. The van der Waals surface area contributed by atoms with E-state index in [2.05, 4.69) is 26.0 Å². The number of thioether (sulfide) groups is 1. The molecular weight excluding hydrogens is 220 g/mol. The molecule has 0 radical (unpaired) electrons. The van der Waals surface area contributed by atoms with Crippen LogP contribution in [0.3, 0.4) is 0 Å². The SMILES string of the molecule is CC(C)Sc1ccc(C2(C=O)COC2)cc1. The summed E-state index contributed by atoms with van der Waals surface area (Å²) >= 11 is 1.83. The lowest BCUT2D eigenvalue weighted by Crippen LogP contribution is -2.48. The zero-order chi connectivity index (χ0) is 11.6. The van der Waals surface area contributed by atoms with Crippen molar-refractivity contribution in [1.82, 2.24) is 0 Å². The molecule has 16 heavy (non-hydrogen) atoms. The van der Waals surface area contributed by atoms with Crippen molar-refractivity contribution < 1.29 is 9.53 Å². The minimum Gasteiger partial charge on any atom is -0.379 e. The topological polar surface area (TPSA) is 26.3 Å². The molecule has 0 spiro atoms. The smallest absolute Gasteiger partial charge is 0.135 e. The molecule has 0 bridgehead atoms. The molecule has 0 atom stereocenters. The van der Waals surface area contributed by atoms with Crippen molar-refractivity contribution in [2.45, 2.75) is 29.4 Å². The van der Waals surface area contributed by atoms with Gasteiger partial charge in [-0.1, -0.05) is 26.0 Å². The predicted octanol–water partition coefficient (Wildman–Crippen LogP) is 2.65. The van der Waals surface area contributed by atoms with Gasteiger partial charge in [0, 0.05) is 10.1 Å². The van der Waals surface area contributed by atoms with Crippen molar-refractivity contribution in [3.8, 4) is 0 Å². The van der Waals surface area contributed by atoms with Gasteiger partial charge in [0.1, 0.15) is 6.29 Å². The minimum absolute atomic E-state index is 0.374. The van der Waals surface area contributed by atoms with Crippen molar-refractivity contribution in [3.63, 3.8) is 0 Å². The Kier molecular flexibility index (Phi) is 3.36. The molecule has 1 aliphatic heterocycles. The highest BCUT2D eigenvalue weighted by Crippen LogP contribution is 2.32. The van der Waals surface area contributed by atoms with E-state index < -0.39 is 0 Å². The second-order valence-electron chi connectivity index (χ2n) is 4.46. The second kappa shape index (κ2) is 4.60. The van der Waals surface area contributed by atoms with Crippen LogP contribution in [0.15, 0.2) is 29.2 Å². The molecule has 0 amide bonds. The van der Waals surface area contributed by atoms with E-state index in [1.54, 1.807) is 0 Å². The molecule has 1 saturated heterocycles. The van der Waals surface area contributed by atoms with Gasteiger partial charge in [-0.15, -0.1) is 11.8 Å². The predicted molar refractivity (Wildman–Crippen MR) is 66.0 cm³/mol. The standard InChI is InChI=1S/C13H16O2S/c1-10(2)16-12-5-3-11(4-6-12)13(7-14)8-15-9-13/h3-7,10H,8-9H2,1-2H3. The first-order valence-electron chi connectivity index (χ1n) is 5.47. The molecule has 1 aliphatic rings. The van der Waals surface area contributed by atoms with Gasteiger partial charge < -0.3 is 9.53 Å². The molecule has 0 aromatic heterocycles. The van der Waals surface area contributed by atoms with E-state index in [0.717, 1.165) is 11.8 Å². The lowest BCUT2D eigenvalue weighted by atomic mass is 9.80. The molecule has 2 nitrogen and oxygen atoms in total. The lowest BCUT2D eigenvalue weighted by molar-refractivity contribution is -0.129. The van der Waals surface area contributed by atoms with Crippen molar-refractivity contribution in [3.05, 3.63) is 29.8 Å². The molecule has 1 fully saturated rings. The first-order chi connectivity index (χ1) is 7.66. The Bertz CT molecular complexity index is 366. The zero-order valence-corrected chi connectivity index (χ0v) is 10.4. The molecule has 86 valence electrons. The normalized spacial score (nSPS) is 18.2. The van der Waals surface area contributed by atoms with E-state index in [4.69, 9.17) is 4.74 Å². The summed E-state index contributed by atoms with van der Waals surface area (Å²) < 4.78 is 5.14. The Hall–Kier alpha value is -0.800. The monoisotopic (exact) mass is 236 g/mol. The summed E-state index contributed by atoms with van der Waals surface area (Å²) in [5, 5.41) is 0.581. The number of aldehydes is 1. The molecule has 0 unspecified atom stereocenters. The Balaban J connectivity index is 2.15. The van der Waals surface area contributed by atoms with Crippen LogP contribution in [-0.2, 0) is 14.9 Å². The van der Waals surface area contributed by atoms with Crippen LogP contribution in [0, 0.1) is 0 Å². The van der Waals surface area contributed by atoms with E-state index in [1.807, 2.05) is 23.9 Å². The number of carbonyl (C=O) groups is 1. The third-order valence-electron chi connectivity index (χ3n) is 2.75. The Morgan fingerprint density at radius 1 is 1.31 bits per heavy atom. The van der Waals surface area contributed by atoms with E-state index in [9.17, 15) is 4.79 Å². The van der Waals surface area contributed by atoms with E-state index in [1.165, 1.54) is 4.90 Å². The van der Waals surface area contributed by atoms with E-state index in [-0.39, 0.29) is 5.41 Å². The number of hydrogen-bond donors (Lipinski definition) is 0. The van der Waals surface area contributed by atoms with Crippen molar-refractivity contribution in [1.29, 1.82) is 0 Å². The maximum atomic E-state index is 11.1. The van der Waals surface area contributed by atoms with Crippen LogP contribution >= 0.6 is 11.8 Å². The molecule has 1 aromatic carbocycles. The van der Waals surface area contributed by atoms with Crippen molar-refractivity contribution >= 4 is 18.0 Å². The molecular formula is C13H16O2S. The van der Waals surface area contributed by atoms with Gasteiger partial charge in [-0.2, -0.15) is 0 Å². The highest BCUT2D eigenvalue weighted by atomic mass is 32.2. The highest BCUT2D eigenvalue weighted by molar-refractivity contribution is 7.99. The number of carbonyl (C=O) groups excluding carboxylic acids is 1. The van der Waals surface area contributed by atoms with Gasteiger partial charge >= 0.3 is 0 Å². The third kappa shape index (κ3) is 2.15. The van der Waals surface area contributed by atoms with E-state index in [0.29, 0.717) is 18.5 Å². The zero-order valence-electron chi connectivity index (χ0n) is 9.60. The fourth-order valence-corrected chi connectivity index (χ4v) is 2.60. The summed E-state index contributed by atoms with van der Waals surface area (Å²) in [7, 11) is 0. The summed E-state index contributed by atoms with van der Waals surface area (Å²) in [6.07, 6.45) is 1.01. The summed E-state index contributed by atoms with van der Waals surface area (Å²) in [4.78, 5) is 12.3. The largest absolute Gasteiger partial charge is 0.379 e. The van der Waals surface area contributed by atoms with Crippen LogP contribution in [0.25, 0.3) is 0 Å². The second-order valence-corrected chi connectivity index (χ2v) is 6.11. The number of hydrogen-bond acceptors (Lipinski definition) is 3. The van der Waals surface area contributed by atoms with Gasteiger partial charge in [0.15, 0.2) is 0 Å². The van der Waals surface area contributed by atoms with Gasteiger partial charge in [-0.25, -0.2) is 0 Å². The summed E-state index contributed by atoms with van der Waals surface area (Å²) in [5.41, 5.74) is 0.697. The summed E-state index contributed by atoms with van der Waals surface area (Å²) in [6, 6.07) is 8.26. The van der Waals surface area contributed by atoms with Crippen molar-refractivity contribution in [2.75, 3.05) is 13.2 Å². The number of ether oxygens (including phenoxy) is 1. The Morgan fingerprint density at radius 2 is 1.94 bits per heavy atom. The highest BCUT2D eigenvalue weighted by Gasteiger charge is 2.40. The average molecular weight is 236 g/mol. The Morgan fingerprint density at radius 3 is 2.31 bits per heavy atom. The molecule has 1 heterocycles. The lowest BCUT2D eigenvalue weighted by Gasteiger charge is -2.36. The van der Waals surface area contributed by atoms with Crippen molar-refractivity contribution in [2.24, 2.45) is 0 Å². The van der Waals surface area contributed by atoms with Crippen LogP contribution in [0.5, 0.6) is 0 Å². The van der Waals surface area contributed by atoms with Gasteiger partial charge in [0.05, 0.1) is 18.6 Å². The fourth-order valence-electron chi connectivity index (χ4n) is 1.76. The third-order valence-corrected chi connectivity index (χ3v) is 3.76.